The van der Waals surface area contributed by atoms with Gasteiger partial charge in [0, 0.05) is 6.54 Å². The maximum atomic E-state index is 12.9. The minimum Gasteiger partial charge on any atom is -0.494 e. The second-order valence-corrected chi connectivity index (χ2v) is 7.18. The fraction of sp³-hybridized carbons (Fsp3) is 0.579. The number of fused-ring (bicyclic) bond motifs is 1. The lowest BCUT2D eigenvalue weighted by Crippen LogP contribution is -2.25. The van der Waals surface area contributed by atoms with Crippen molar-refractivity contribution in [2.24, 2.45) is 5.92 Å². The second kappa shape index (κ2) is 8.15. The SMILES string of the molecule is COc1cccc2c(=O)n(CCCC3CCCCC3)c(CBr)nc12. The Morgan fingerprint density at radius 3 is 2.79 bits per heavy atom. The largest absolute Gasteiger partial charge is 0.494 e. The lowest BCUT2D eigenvalue weighted by molar-refractivity contribution is 0.325. The third-order valence-corrected chi connectivity index (χ3v) is 5.59. The molecule has 0 unspecified atom stereocenters. The van der Waals surface area contributed by atoms with E-state index in [2.05, 4.69) is 20.9 Å². The van der Waals surface area contributed by atoms with E-state index in [-0.39, 0.29) is 5.56 Å². The number of hydrogen-bond acceptors (Lipinski definition) is 3. The summed E-state index contributed by atoms with van der Waals surface area (Å²) in [6.07, 6.45) is 9.09. The molecule has 24 heavy (non-hydrogen) atoms. The van der Waals surface area contributed by atoms with E-state index in [9.17, 15) is 4.79 Å². The van der Waals surface area contributed by atoms with E-state index >= 15 is 0 Å². The van der Waals surface area contributed by atoms with E-state index < -0.39 is 0 Å². The molecule has 0 saturated heterocycles. The predicted molar refractivity (Wildman–Crippen MR) is 101 cm³/mol. The molecule has 0 aliphatic heterocycles. The molecule has 2 aromatic rings. The van der Waals surface area contributed by atoms with Crippen molar-refractivity contribution in [1.82, 2.24) is 9.55 Å². The molecule has 0 bridgehead atoms. The van der Waals surface area contributed by atoms with Gasteiger partial charge in [0.25, 0.3) is 5.56 Å². The predicted octanol–water partition coefficient (Wildman–Crippen LogP) is 4.66. The number of benzene rings is 1. The molecule has 1 saturated carbocycles. The molecule has 0 amide bonds. The lowest BCUT2D eigenvalue weighted by atomic mass is 9.86. The fourth-order valence-electron chi connectivity index (χ4n) is 3.77. The van der Waals surface area contributed by atoms with Gasteiger partial charge in [-0.2, -0.15) is 0 Å². The van der Waals surface area contributed by atoms with E-state index in [1.807, 2.05) is 22.8 Å². The Labute approximate surface area is 151 Å². The molecule has 0 radical (unpaired) electrons. The zero-order chi connectivity index (χ0) is 16.9. The standard InChI is InChI=1S/C19H25BrN2O2/c1-24-16-11-5-10-15-18(16)21-17(13-20)22(19(15)23)12-6-9-14-7-3-2-4-8-14/h5,10-11,14H,2-4,6-9,12-13H2,1H3. The van der Waals surface area contributed by atoms with Crippen LogP contribution in [0.25, 0.3) is 10.9 Å². The number of para-hydroxylation sites is 1. The number of rotatable bonds is 6. The van der Waals surface area contributed by atoms with Crippen molar-refractivity contribution >= 4 is 26.8 Å². The van der Waals surface area contributed by atoms with Gasteiger partial charge in [-0.05, 0) is 30.9 Å². The van der Waals surface area contributed by atoms with Gasteiger partial charge in [-0.25, -0.2) is 4.98 Å². The summed E-state index contributed by atoms with van der Waals surface area (Å²) in [6.45, 7) is 0.746. The molecule has 4 nitrogen and oxygen atoms in total. The van der Waals surface area contributed by atoms with Crippen LogP contribution in [-0.2, 0) is 11.9 Å². The summed E-state index contributed by atoms with van der Waals surface area (Å²) in [6, 6.07) is 5.54. The molecule has 0 spiro atoms. The van der Waals surface area contributed by atoms with Crippen LogP contribution in [0.1, 0.15) is 50.8 Å². The van der Waals surface area contributed by atoms with E-state index in [0.29, 0.717) is 22.0 Å². The van der Waals surface area contributed by atoms with Crippen molar-refractivity contribution in [2.45, 2.75) is 56.8 Å². The van der Waals surface area contributed by atoms with Crippen LogP contribution in [0.3, 0.4) is 0 Å². The zero-order valence-corrected chi connectivity index (χ0v) is 15.8. The monoisotopic (exact) mass is 392 g/mol. The Kier molecular flexibility index (Phi) is 5.93. The first kappa shape index (κ1) is 17.5. The normalized spacial score (nSPS) is 15.8. The number of alkyl halides is 1. The molecule has 0 N–H and O–H groups in total. The molecule has 0 atom stereocenters. The molecule has 1 aromatic heterocycles. The van der Waals surface area contributed by atoms with Crippen molar-refractivity contribution < 1.29 is 4.74 Å². The van der Waals surface area contributed by atoms with E-state index in [4.69, 9.17) is 4.74 Å². The number of methoxy groups -OCH3 is 1. The Morgan fingerprint density at radius 1 is 1.29 bits per heavy atom. The van der Waals surface area contributed by atoms with E-state index in [0.717, 1.165) is 24.7 Å². The van der Waals surface area contributed by atoms with Crippen LogP contribution >= 0.6 is 15.9 Å². The summed E-state index contributed by atoms with van der Waals surface area (Å²) < 4.78 is 7.19. The minimum atomic E-state index is 0.0389. The highest BCUT2D eigenvalue weighted by molar-refractivity contribution is 9.08. The summed E-state index contributed by atoms with van der Waals surface area (Å²) in [5, 5.41) is 1.20. The molecular weight excluding hydrogens is 368 g/mol. The topological polar surface area (TPSA) is 44.1 Å². The number of aromatic nitrogens is 2. The summed E-state index contributed by atoms with van der Waals surface area (Å²) >= 11 is 3.48. The summed E-state index contributed by atoms with van der Waals surface area (Å²) in [5.41, 5.74) is 0.694. The molecule has 1 fully saturated rings. The van der Waals surface area contributed by atoms with Crippen molar-refractivity contribution in [3.63, 3.8) is 0 Å². The molecule has 1 aliphatic rings. The molecule has 1 aliphatic carbocycles. The van der Waals surface area contributed by atoms with Gasteiger partial charge in [-0.1, -0.05) is 54.1 Å². The van der Waals surface area contributed by atoms with Gasteiger partial charge in [0.2, 0.25) is 0 Å². The van der Waals surface area contributed by atoms with Gasteiger partial charge >= 0.3 is 0 Å². The van der Waals surface area contributed by atoms with Crippen LogP contribution in [0.2, 0.25) is 0 Å². The highest BCUT2D eigenvalue weighted by Crippen LogP contribution is 2.27. The third kappa shape index (κ3) is 3.66. The summed E-state index contributed by atoms with van der Waals surface area (Å²) in [5.74, 6) is 2.28. The first-order chi connectivity index (χ1) is 11.7. The average Bonchev–Trinajstić information content (AvgIpc) is 2.63. The first-order valence-corrected chi connectivity index (χ1v) is 9.99. The van der Waals surface area contributed by atoms with Gasteiger partial charge in [-0.15, -0.1) is 0 Å². The minimum absolute atomic E-state index is 0.0389. The average molecular weight is 393 g/mol. The quantitative estimate of drug-likeness (QED) is 0.671. The van der Waals surface area contributed by atoms with Crippen LogP contribution < -0.4 is 10.3 Å². The van der Waals surface area contributed by atoms with Crippen molar-refractivity contribution in [2.75, 3.05) is 7.11 Å². The van der Waals surface area contributed by atoms with Crippen molar-refractivity contribution in [3.05, 3.63) is 34.4 Å². The third-order valence-electron chi connectivity index (χ3n) is 5.09. The Morgan fingerprint density at radius 2 is 2.08 bits per heavy atom. The van der Waals surface area contributed by atoms with Crippen molar-refractivity contribution in [3.8, 4) is 5.75 Å². The molecule has 1 heterocycles. The van der Waals surface area contributed by atoms with Crippen LogP contribution in [-0.4, -0.2) is 16.7 Å². The first-order valence-electron chi connectivity index (χ1n) is 8.87. The molecule has 130 valence electrons. The Hall–Kier alpha value is -1.36. The number of ether oxygens (including phenoxy) is 1. The maximum absolute atomic E-state index is 12.9. The number of halogens is 1. The van der Waals surface area contributed by atoms with Crippen LogP contribution in [0.15, 0.2) is 23.0 Å². The number of nitrogens with zero attached hydrogens (tertiary/aromatic N) is 2. The van der Waals surface area contributed by atoms with Crippen LogP contribution in [0.5, 0.6) is 5.75 Å². The molecule has 5 heteroatoms. The second-order valence-electron chi connectivity index (χ2n) is 6.62. The fourth-order valence-corrected chi connectivity index (χ4v) is 4.20. The smallest absolute Gasteiger partial charge is 0.261 e. The zero-order valence-electron chi connectivity index (χ0n) is 14.3. The molecule has 1 aromatic carbocycles. The molecular formula is C19H25BrN2O2. The summed E-state index contributed by atoms with van der Waals surface area (Å²) in [4.78, 5) is 17.6. The van der Waals surface area contributed by atoms with E-state index in [1.165, 1.54) is 38.5 Å². The van der Waals surface area contributed by atoms with Gasteiger partial charge < -0.3 is 4.74 Å². The molecule has 3 rings (SSSR count). The maximum Gasteiger partial charge on any atom is 0.261 e. The lowest BCUT2D eigenvalue weighted by Gasteiger charge is -2.21. The highest BCUT2D eigenvalue weighted by atomic mass is 79.9. The highest BCUT2D eigenvalue weighted by Gasteiger charge is 2.15. The van der Waals surface area contributed by atoms with Gasteiger partial charge in [-0.3, -0.25) is 9.36 Å². The van der Waals surface area contributed by atoms with Gasteiger partial charge in [0.05, 0.1) is 17.8 Å². The van der Waals surface area contributed by atoms with Crippen LogP contribution in [0.4, 0.5) is 0 Å². The van der Waals surface area contributed by atoms with E-state index in [1.54, 1.807) is 7.11 Å². The van der Waals surface area contributed by atoms with Gasteiger partial charge in [0.15, 0.2) is 0 Å². The van der Waals surface area contributed by atoms with Gasteiger partial charge in [0.1, 0.15) is 17.1 Å². The van der Waals surface area contributed by atoms with Crippen LogP contribution in [0, 0.1) is 5.92 Å². The van der Waals surface area contributed by atoms with Crippen molar-refractivity contribution in [1.29, 1.82) is 0 Å². The Bertz CT molecular complexity index is 751. The Balaban J connectivity index is 1.84. The summed E-state index contributed by atoms with van der Waals surface area (Å²) in [7, 11) is 1.61. The number of hydrogen-bond donors (Lipinski definition) is 0.